The predicted octanol–water partition coefficient (Wildman–Crippen LogP) is -0.125. The summed E-state index contributed by atoms with van der Waals surface area (Å²) in [5, 5.41) is 11.1. The van der Waals surface area contributed by atoms with Crippen molar-refractivity contribution < 1.29 is 5.11 Å². The molecule has 0 fully saturated rings. The van der Waals surface area contributed by atoms with Crippen LogP contribution < -0.4 is 4.91 Å². The van der Waals surface area contributed by atoms with Crippen LogP contribution in [0.4, 0.5) is 0 Å². The van der Waals surface area contributed by atoms with Crippen molar-refractivity contribution in [2.45, 2.75) is 13.2 Å². The Hall–Kier alpha value is -0.730. The second-order valence-corrected chi connectivity index (χ2v) is 0.847. The lowest BCUT2D eigenvalue weighted by molar-refractivity contribution is 0.194. The smallest absolute Gasteiger partial charge is 0.226 e. The van der Waals surface area contributed by atoms with Crippen LogP contribution in [0.25, 0.3) is 0 Å². The average molecular weight is 88.1 g/mol. The van der Waals surface area contributed by atoms with Gasteiger partial charge in [-0.05, 0) is 6.92 Å². The summed E-state index contributed by atoms with van der Waals surface area (Å²) in [4.78, 5) is 2.56. The Balaban J connectivity index is 3.29. The lowest BCUT2D eigenvalue weighted by Gasteiger charge is -1.73. The fraction of sp³-hybridized carbons (Fsp3) is 1.00. The van der Waals surface area contributed by atoms with Gasteiger partial charge in [-0.2, -0.15) is 0 Å². The van der Waals surface area contributed by atoms with Gasteiger partial charge < -0.3 is 5.11 Å². The van der Waals surface area contributed by atoms with Gasteiger partial charge in [-0.1, -0.05) is 0 Å². The highest BCUT2D eigenvalue weighted by Gasteiger charge is 1.91. The van der Waals surface area contributed by atoms with Gasteiger partial charge in [0.25, 0.3) is 0 Å². The van der Waals surface area contributed by atoms with Crippen LogP contribution in [0, 0.1) is 5.53 Å². The van der Waals surface area contributed by atoms with Crippen LogP contribution in [0.15, 0.2) is 5.11 Å². The largest absolute Gasteiger partial charge is 0.366 e. The highest BCUT2D eigenvalue weighted by molar-refractivity contribution is 4.24. The second-order valence-electron chi connectivity index (χ2n) is 0.847. The predicted molar refractivity (Wildman–Crippen MR) is 19.0 cm³/mol. The van der Waals surface area contributed by atoms with E-state index in [1.165, 1.54) is 6.92 Å². The summed E-state index contributed by atoms with van der Waals surface area (Å²) in [6, 6.07) is 0. The first-order valence-electron chi connectivity index (χ1n) is 1.52. The Morgan fingerprint density at radius 3 is 2.50 bits per heavy atom. The second kappa shape index (κ2) is 2.50. The molecular formula is C2H6N3O+. The van der Waals surface area contributed by atoms with E-state index in [4.69, 9.17) is 10.6 Å². The molecule has 0 saturated heterocycles. The summed E-state index contributed by atoms with van der Waals surface area (Å²) >= 11 is 0. The van der Waals surface area contributed by atoms with Crippen molar-refractivity contribution in [2.75, 3.05) is 0 Å². The maximum absolute atomic E-state index is 8.17. The molecule has 6 heavy (non-hydrogen) atoms. The van der Waals surface area contributed by atoms with Gasteiger partial charge in [-0.25, -0.2) is 0 Å². The van der Waals surface area contributed by atoms with E-state index in [-0.39, 0.29) is 0 Å². The summed E-state index contributed by atoms with van der Waals surface area (Å²) < 4.78 is 0. The molecule has 0 rings (SSSR count). The maximum atomic E-state index is 8.17. The lowest BCUT2D eigenvalue weighted by atomic mass is 10.7. The zero-order valence-corrected chi connectivity index (χ0v) is 3.42. The van der Waals surface area contributed by atoms with Crippen LogP contribution in [0.1, 0.15) is 6.92 Å². The van der Waals surface area contributed by atoms with Crippen molar-refractivity contribution >= 4 is 0 Å². The number of nitrogens with zero attached hydrogens (tertiary/aromatic N) is 2. The quantitative estimate of drug-likeness (QED) is 0.340. The van der Waals surface area contributed by atoms with Crippen LogP contribution in [0.5, 0.6) is 0 Å². The van der Waals surface area contributed by atoms with Gasteiger partial charge in [0, 0.05) is 0 Å². The number of hydrogen-bond donors (Lipinski definition) is 2. The molecule has 0 aromatic rings. The first-order chi connectivity index (χ1) is 2.77. The summed E-state index contributed by atoms with van der Waals surface area (Å²) in [5.41, 5.74) is 6.03. The molecular weight excluding hydrogens is 82.0 g/mol. The van der Waals surface area contributed by atoms with Crippen LogP contribution in [-0.4, -0.2) is 11.3 Å². The Morgan fingerprint density at radius 2 is 2.50 bits per heavy atom. The normalized spacial score (nSPS) is 12.3. The minimum absolute atomic E-state index is 0.831. The molecule has 0 spiro atoms. The first kappa shape index (κ1) is 5.27. The van der Waals surface area contributed by atoms with E-state index < -0.39 is 6.23 Å². The fourth-order valence-corrected chi connectivity index (χ4v) is 0.0836. The lowest BCUT2D eigenvalue weighted by Crippen LogP contribution is -1.91. The average Bonchev–Trinajstić information content (AvgIpc) is 1.35. The fourth-order valence-electron chi connectivity index (χ4n) is 0.0836. The minimum Gasteiger partial charge on any atom is -0.366 e. The molecule has 0 aliphatic carbocycles. The van der Waals surface area contributed by atoms with E-state index in [2.05, 4.69) is 10.0 Å². The number of hydrogen-bond acceptors (Lipinski definition) is 3. The van der Waals surface area contributed by atoms with Gasteiger partial charge >= 0.3 is 0 Å². The Morgan fingerprint density at radius 1 is 2.00 bits per heavy atom. The number of nitrogens with one attached hydrogen (secondary N) is 1. The molecule has 2 N–H and O–H groups in total. The monoisotopic (exact) mass is 88.1 g/mol. The minimum atomic E-state index is -0.831. The Labute approximate surface area is 35.0 Å². The Bertz CT molecular complexity index is 72.9. The van der Waals surface area contributed by atoms with Gasteiger partial charge in [-0.15, -0.1) is 0 Å². The van der Waals surface area contributed by atoms with E-state index in [0.717, 1.165) is 0 Å². The van der Waals surface area contributed by atoms with E-state index >= 15 is 0 Å². The highest BCUT2D eigenvalue weighted by atomic mass is 16.3. The molecule has 1 atom stereocenters. The number of aliphatic hydroxyl groups excluding tert-OH is 1. The third kappa shape index (κ3) is 3.27. The summed E-state index contributed by atoms with van der Waals surface area (Å²) in [6.07, 6.45) is -0.831. The van der Waals surface area contributed by atoms with Gasteiger partial charge in [0.1, 0.15) is 10.6 Å². The van der Waals surface area contributed by atoms with Crippen molar-refractivity contribution in [1.29, 1.82) is 5.53 Å². The van der Waals surface area contributed by atoms with Crippen LogP contribution >= 0.6 is 0 Å². The summed E-state index contributed by atoms with van der Waals surface area (Å²) in [5.74, 6) is 0. The molecule has 4 nitrogen and oxygen atoms in total. The SMILES string of the molecule is C[C@@H](O)N=[N+]=N. The van der Waals surface area contributed by atoms with Crippen molar-refractivity contribution in [1.82, 2.24) is 4.91 Å². The third-order valence-electron chi connectivity index (χ3n) is 0.225. The number of rotatable bonds is 1. The van der Waals surface area contributed by atoms with E-state index in [0.29, 0.717) is 0 Å². The van der Waals surface area contributed by atoms with E-state index in [1.807, 2.05) is 0 Å². The van der Waals surface area contributed by atoms with Gasteiger partial charge in [-0.3, -0.25) is 0 Å². The third-order valence-corrected chi connectivity index (χ3v) is 0.225. The summed E-state index contributed by atoms with van der Waals surface area (Å²) in [6.45, 7) is 1.43. The highest BCUT2D eigenvalue weighted by Crippen LogP contribution is 1.72. The number of aliphatic hydroxyl groups is 1. The van der Waals surface area contributed by atoms with E-state index in [1.54, 1.807) is 0 Å². The molecule has 4 heteroatoms. The van der Waals surface area contributed by atoms with Gasteiger partial charge in [0.2, 0.25) is 11.1 Å². The molecule has 34 valence electrons. The first-order valence-corrected chi connectivity index (χ1v) is 1.52. The molecule has 0 aromatic carbocycles. The molecule has 0 aliphatic heterocycles. The van der Waals surface area contributed by atoms with Crippen molar-refractivity contribution in [3.63, 3.8) is 0 Å². The molecule has 0 aromatic heterocycles. The van der Waals surface area contributed by atoms with Crippen molar-refractivity contribution in [3.05, 3.63) is 0 Å². The van der Waals surface area contributed by atoms with Crippen LogP contribution in [0.2, 0.25) is 0 Å². The van der Waals surface area contributed by atoms with Gasteiger partial charge in [0.15, 0.2) is 0 Å². The molecule has 0 heterocycles. The van der Waals surface area contributed by atoms with Crippen molar-refractivity contribution in [2.24, 2.45) is 5.11 Å². The molecule has 0 radical (unpaired) electrons. The molecule has 0 saturated carbocycles. The standard InChI is InChI=1S/C2H6N3O/c1-2(6)4-5-3/h2-3,6H,1H3/q+1/t2-/m1/s1. The van der Waals surface area contributed by atoms with Crippen molar-refractivity contribution in [3.8, 4) is 0 Å². The van der Waals surface area contributed by atoms with Gasteiger partial charge in [0.05, 0.1) is 0 Å². The maximum Gasteiger partial charge on any atom is 0.226 e. The van der Waals surface area contributed by atoms with Crippen LogP contribution in [-0.2, 0) is 0 Å². The summed E-state index contributed by atoms with van der Waals surface area (Å²) in [7, 11) is 0. The topological polar surface area (TPSA) is 70.5 Å². The molecule has 0 amide bonds. The zero-order chi connectivity index (χ0) is 4.99. The molecule has 0 bridgehead atoms. The molecule has 0 unspecified atom stereocenters. The molecule has 0 aliphatic rings. The zero-order valence-electron chi connectivity index (χ0n) is 3.42. The Kier molecular flexibility index (Phi) is 2.20. The van der Waals surface area contributed by atoms with Crippen LogP contribution in [0.3, 0.4) is 0 Å². The van der Waals surface area contributed by atoms with E-state index in [9.17, 15) is 0 Å².